The van der Waals surface area contributed by atoms with E-state index in [4.69, 9.17) is 5.11 Å². The number of nitrogens with zero attached hydrogens (tertiary/aromatic N) is 3. The van der Waals surface area contributed by atoms with Gasteiger partial charge in [0.2, 0.25) is 5.91 Å². The van der Waals surface area contributed by atoms with Crippen molar-refractivity contribution in [2.75, 3.05) is 0 Å². The highest BCUT2D eigenvalue weighted by Crippen LogP contribution is 1.91. The third kappa shape index (κ3) is 4.60. The molecule has 98 valence electrons. The van der Waals surface area contributed by atoms with Gasteiger partial charge >= 0.3 is 12.0 Å². The molecule has 0 aliphatic rings. The van der Waals surface area contributed by atoms with Crippen LogP contribution in [-0.2, 0) is 23.2 Å². The van der Waals surface area contributed by atoms with E-state index in [-0.39, 0.29) is 19.4 Å². The van der Waals surface area contributed by atoms with Crippen LogP contribution >= 0.6 is 0 Å². The summed E-state index contributed by atoms with van der Waals surface area (Å²) in [6.45, 7) is 0.120. The second kappa shape index (κ2) is 6.33. The van der Waals surface area contributed by atoms with E-state index in [9.17, 15) is 14.4 Å². The maximum absolute atomic E-state index is 11.3. The van der Waals surface area contributed by atoms with E-state index in [0.717, 1.165) is 0 Å². The molecule has 1 heterocycles. The van der Waals surface area contributed by atoms with Crippen molar-refractivity contribution in [3.63, 3.8) is 0 Å². The molecule has 0 aromatic carbocycles. The van der Waals surface area contributed by atoms with Gasteiger partial charge in [0, 0.05) is 13.5 Å². The van der Waals surface area contributed by atoms with Gasteiger partial charge in [-0.3, -0.25) is 14.9 Å². The monoisotopic (exact) mass is 255 g/mol. The highest BCUT2D eigenvalue weighted by Gasteiger charge is 2.10. The molecule has 0 fully saturated rings. The van der Waals surface area contributed by atoms with Crippen LogP contribution in [0.3, 0.4) is 0 Å². The Bertz CT molecular complexity index is 456. The Morgan fingerprint density at radius 3 is 2.67 bits per heavy atom. The Labute approximate surface area is 102 Å². The van der Waals surface area contributed by atoms with Crippen molar-refractivity contribution in [3.8, 4) is 0 Å². The molecular weight excluding hydrogens is 242 g/mol. The SMILES string of the molecule is Cn1cnnc1CNC(=O)NC(=O)CCC(=O)O. The van der Waals surface area contributed by atoms with Crippen molar-refractivity contribution in [1.82, 2.24) is 25.4 Å². The molecule has 0 atom stereocenters. The fourth-order valence-electron chi connectivity index (χ4n) is 1.08. The number of amides is 3. The molecule has 0 radical (unpaired) electrons. The lowest BCUT2D eigenvalue weighted by molar-refractivity contribution is -0.138. The molecule has 0 saturated heterocycles. The molecule has 0 spiro atoms. The van der Waals surface area contributed by atoms with Crippen molar-refractivity contribution >= 4 is 17.9 Å². The van der Waals surface area contributed by atoms with Gasteiger partial charge < -0.3 is 15.0 Å². The molecule has 1 aromatic heterocycles. The summed E-state index contributed by atoms with van der Waals surface area (Å²) in [5.74, 6) is -1.21. The summed E-state index contributed by atoms with van der Waals surface area (Å²) < 4.78 is 1.62. The first-order chi connectivity index (χ1) is 8.49. The van der Waals surface area contributed by atoms with Crippen LogP contribution in [0.15, 0.2) is 6.33 Å². The third-order valence-electron chi connectivity index (χ3n) is 2.03. The van der Waals surface area contributed by atoms with Crippen molar-refractivity contribution in [3.05, 3.63) is 12.2 Å². The number of carboxylic acids is 1. The molecule has 3 N–H and O–H groups in total. The molecule has 1 rings (SSSR count). The van der Waals surface area contributed by atoms with Crippen LogP contribution in [0.4, 0.5) is 4.79 Å². The molecule has 0 bridgehead atoms. The molecule has 0 aliphatic heterocycles. The Morgan fingerprint density at radius 1 is 1.39 bits per heavy atom. The first kappa shape index (κ1) is 13.6. The quantitative estimate of drug-likeness (QED) is 0.619. The summed E-state index contributed by atoms with van der Waals surface area (Å²) in [5.41, 5.74) is 0. The molecule has 3 amide bonds. The lowest BCUT2D eigenvalue weighted by atomic mass is 10.3. The summed E-state index contributed by atoms with van der Waals surface area (Å²) in [7, 11) is 1.72. The maximum atomic E-state index is 11.3. The summed E-state index contributed by atoms with van der Waals surface area (Å²) in [4.78, 5) is 32.6. The number of rotatable bonds is 5. The summed E-state index contributed by atoms with van der Waals surface area (Å²) >= 11 is 0. The number of aliphatic carboxylic acids is 1. The summed E-state index contributed by atoms with van der Waals surface area (Å²) in [5, 5.41) is 20.1. The molecule has 9 heteroatoms. The van der Waals surface area contributed by atoms with Crippen molar-refractivity contribution in [2.24, 2.45) is 7.05 Å². The summed E-state index contributed by atoms with van der Waals surface area (Å²) in [6, 6.07) is -0.701. The minimum Gasteiger partial charge on any atom is -0.481 e. The van der Waals surface area contributed by atoms with Crippen molar-refractivity contribution in [1.29, 1.82) is 0 Å². The average Bonchev–Trinajstić information content (AvgIpc) is 2.69. The van der Waals surface area contributed by atoms with Gasteiger partial charge in [-0.15, -0.1) is 10.2 Å². The Balaban J connectivity index is 2.27. The van der Waals surface area contributed by atoms with Gasteiger partial charge in [0.05, 0.1) is 13.0 Å². The van der Waals surface area contributed by atoms with Crippen LogP contribution in [0.5, 0.6) is 0 Å². The number of aromatic nitrogens is 3. The van der Waals surface area contributed by atoms with Crippen molar-refractivity contribution < 1.29 is 19.5 Å². The number of nitrogens with one attached hydrogen (secondary N) is 2. The van der Waals surface area contributed by atoms with Crippen LogP contribution in [0.2, 0.25) is 0 Å². The number of carbonyl (C=O) groups is 3. The first-order valence-corrected chi connectivity index (χ1v) is 5.11. The number of aryl methyl sites for hydroxylation is 1. The lowest BCUT2D eigenvalue weighted by Gasteiger charge is -2.05. The highest BCUT2D eigenvalue weighted by atomic mass is 16.4. The number of imide groups is 1. The minimum atomic E-state index is -1.09. The zero-order valence-corrected chi connectivity index (χ0v) is 9.71. The average molecular weight is 255 g/mol. The van der Waals surface area contributed by atoms with E-state index in [1.165, 1.54) is 6.33 Å². The van der Waals surface area contributed by atoms with Gasteiger partial charge in [-0.1, -0.05) is 0 Å². The van der Waals surface area contributed by atoms with E-state index in [1.54, 1.807) is 11.6 Å². The maximum Gasteiger partial charge on any atom is 0.321 e. The van der Waals surface area contributed by atoms with Gasteiger partial charge in [0.15, 0.2) is 5.82 Å². The first-order valence-electron chi connectivity index (χ1n) is 5.11. The molecule has 0 saturated carbocycles. The number of urea groups is 1. The van der Waals surface area contributed by atoms with Gasteiger partial charge in [-0.2, -0.15) is 0 Å². The van der Waals surface area contributed by atoms with Gasteiger partial charge in [-0.25, -0.2) is 4.79 Å². The van der Waals surface area contributed by atoms with Crippen LogP contribution in [0, 0.1) is 0 Å². The number of hydrogen-bond acceptors (Lipinski definition) is 5. The van der Waals surface area contributed by atoms with Crippen LogP contribution in [0.25, 0.3) is 0 Å². The van der Waals surface area contributed by atoms with E-state index in [1.807, 2.05) is 5.32 Å². The Hall–Kier alpha value is -2.45. The van der Waals surface area contributed by atoms with Crippen LogP contribution in [-0.4, -0.2) is 37.8 Å². The second-order valence-corrected chi connectivity index (χ2v) is 3.48. The predicted molar refractivity (Wildman–Crippen MR) is 58.3 cm³/mol. The van der Waals surface area contributed by atoms with Crippen LogP contribution in [0.1, 0.15) is 18.7 Å². The minimum absolute atomic E-state index is 0.120. The number of carbonyl (C=O) groups excluding carboxylic acids is 2. The Kier molecular flexibility index (Phi) is 4.78. The molecule has 18 heavy (non-hydrogen) atoms. The Morgan fingerprint density at radius 2 is 2.11 bits per heavy atom. The normalized spacial score (nSPS) is 9.83. The number of hydrogen-bond donors (Lipinski definition) is 3. The van der Waals surface area contributed by atoms with E-state index < -0.39 is 17.9 Å². The second-order valence-electron chi connectivity index (χ2n) is 3.48. The zero-order valence-electron chi connectivity index (χ0n) is 9.71. The van der Waals surface area contributed by atoms with Gasteiger partial charge in [0.1, 0.15) is 6.33 Å². The third-order valence-corrected chi connectivity index (χ3v) is 2.03. The largest absolute Gasteiger partial charge is 0.481 e. The van der Waals surface area contributed by atoms with E-state index >= 15 is 0 Å². The standard InChI is InChI=1S/C9H13N5O4/c1-14-5-11-13-6(14)4-10-9(18)12-7(15)2-3-8(16)17/h5H,2-4H2,1H3,(H,16,17)(H2,10,12,15,18). The van der Waals surface area contributed by atoms with E-state index in [2.05, 4.69) is 15.5 Å². The van der Waals surface area contributed by atoms with Gasteiger partial charge in [-0.05, 0) is 0 Å². The molecule has 1 aromatic rings. The lowest BCUT2D eigenvalue weighted by Crippen LogP contribution is -2.39. The fraction of sp³-hybridized carbons (Fsp3) is 0.444. The highest BCUT2D eigenvalue weighted by molar-refractivity contribution is 5.95. The topological polar surface area (TPSA) is 126 Å². The van der Waals surface area contributed by atoms with E-state index in [0.29, 0.717) is 5.82 Å². The predicted octanol–water partition coefficient (Wildman–Crippen LogP) is -0.994. The fourth-order valence-corrected chi connectivity index (χ4v) is 1.08. The molecule has 9 nitrogen and oxygen atoms in total. The van der Waals surface area contributed by atoms with Crippen LogP contribution < -0.4 is 10.6 Å². The molecule has 0 aliphatic carbocycles. The zero-order chi connectivity index (χ0) is 13.5. The molecular formula is C9H13N5O4. The molecule has 0 unspecified atom stereocenters. The number of carboxylic acid groups (broad SMARTS) is 1. The smallest absolute Gasteiger partial charge is 0.321 e. The van der Waals surface area contributed by atoms with Crippen molar-refractivity contribution in [2.45, 2.75) is 19.4 Å². The summed E-state index contributed by atoms with van der Waals surface area (Å²) in [6.07, 6.45) is 0.919. The van der Waals surface area contributed by atoms with Gasteiger partial charge in [0.25, 0.3) is 0 Å².